The van der Waals surface area contributed by atoms with E-state index in [-0.39, 0.29) is 20.9 Å². The van der Waals surface area contributed by atoms with Gasteiger partial charge < -0.3 is 0 Å². The van der Waals surface area contributed by atoms with E-state index in [0.717, 1.165) is 18.2 Å². The van der Waals surface area contributed by atoms with Gasteiger partial charge in [-0.2, -0.15) is 0 Å². The number of nitrogens with zero attached hydrogens (tertiary/aromatic N) is 1. The molecule has 0 amide bonds. The molecule has 2 rings (SSSR count). The molecule has 1 heterocycles. The second-order valence-electron chi connectivity index (χ2n) is 3.53. The number of anilines is 1. The number of hydrogen-bond donors (Lipinski definition) is 1. The number of rotatable bonds is 3. The molecule has 1 aromatic carbocycles. The fourth-order valence-corrected chi connectivity index (χ4v) is 3.05. The summed E-state index contributed by atoms with van der Waals surface area (Å²) in [6, 6.07) is 7.47. The van der Waals surface area contributed by atoms with Crippen molar-refractivity contribution in [3.63, 3.8) is 0 Å². The maximum atomic E-state index is 12.9. The summed E-state index contributed by atoms with van der Waals surface area (Å²) in [5, 5.41) is -0.0695. The van der Waals surface area contributed by atoms with E-state index >= 15 is 0 Å². The van der Waals surface area contributed by atoms with Crippen molar-refractivity contribution in [1.29, 1.82) is 0 Å². The first-order valence-corrected chi connectivity index (χ1v) is 7.23. The maximum absolute atomic E-state index is 12.9. The van der Waals surface area contributed by atoms with Crippen LogP contribution >= 0.6 is 23.2 Å². The molecule has 1 aromatic heterocycles. The number of pyridine rings is 1. The standard InChI is InChI=1S/C11H7Cl2FN2O2S/c12-8-6-7(14)4-5-9(8)19(17,18)16-11-3-1-2-10(13)15-11/h1-6H,(H,15,16). The molecule has 0 fully saturated rings. The molecule has 0 radical (unpaired) electrons. The minimum Gasteiger partial charge on any atom is -0.263 e. The molecule has 2 aromatic rings. The summed E-state index contributed by atoms with van der Waals surface area (Å²) in [7, 11) is -3.95. The largest absolute Gasteiger partial charge is 0.264 e. The lowest BCUT2D eigenvalue weighted by molar-refractivity contribution is 0.599. The lowest BCUT2D eigenvalue weighted by atomic mass is 10.3. The first-order chi connectivity index (χ1) is 8.88. The predicted octanol–water partition coefficient (Wildman–Crippen LogP) is 3.33. The highest BCUT2D eigenvalue weighted by Gasteiger charge is 2.19. The van der Waals surface area contributed by atoms with Crippen LogP contribution in [0, 0.1) is 5.82 Å². The quantitative estimate of drug-likeness (QED) is 0.882. The van der Waals surface area contributed by atoms with E-state index in [0.29, 0.717) is 0 Å². The molecule has 0 aliphatic heterocycles. The van der Waals surface area contributed by atoms with E-state index < -0.39 is 15.8 Å². The van der Waals surface area contributed by atoms with Gasteiger partial charge in [0.1, 0.15) is 21.7 Å². The molecule has 4 nitrogen and oxygen atoms in total. The van der Waals surface area contributed by atoms with Crippen molar-refractivity contribution in [3.8, 4) is 0 Å². The third kappa shape index (κ3) is 3.34. The van der Waals surface area contributed by atoms with Gasteiger partial charge in [-0.05, 0) is 30.3 Å². The second kappa shape index (κ2) is 5.32. The smallest absolute Gasteiger partial charge is 0.263 e. The fraction of sp³-hybridized carbons (Fsp3) is 0. The third-order valence-corrected chi connectivity index (χ3v) is 4.19. The molecular weight excluding hydrogens is 314 g/mol. The zero-order valence-corrected chi connectivity index (χ0v) is 11.6. The van der Waals surface area contributed by atoms with E-state index in [9.17, 15) is 12.8 Å². The number of aromatic nitrogens is 1. The summed E-state index contributed by atoms with van der Waals surface area (Å²) in [4.78, 5) is 3.55. The minimum atomic E-state index is -3.95. The summed E-state index contributed by atoms with van der Waals surface area (Å²) in [6.07, 6.45) is 0. The molecule has 0 saturated heterocycles. The number of halogens is 3. The average Bonchev–Trinajstić information content (AvgIpc) is 2.27. The Morgan fingerprint density at radius 2 is 1.89 bits per heavy atom. The fourth-order valence-electron chi connectivity index (χ4n) is 1.35. The zero-order valence-electron chi connectivity index (χ0n) is 9.27. The summed E-state index contributed by atoms with van der Waals surface area (Å²) in [5.41, 5.74) is 0. The molecule has 0 atom stereocenters. The van der Waals surface area contributed by atoms with E-state index in [1.807, 2.05) is 0 Å². The van der Waals surface area contributed by atoms with E-state index in [4.69, 9.17) is 23.2 Å². The molecule has 100 valence electrons. The molecule has 1 N–H and O–H groups in total. The minimum absolute atomic E-state index is 0.0490. The van der Waals surface area contributed by atoms with Crippen LogP contribution in [0.25, 0.3) is 0 Å². The highest BCUT2D eigenvalue weighted by atomic mass is 35.5. The van der Waals surface area contributed by atoms with Gasteiger partial charge in [0.15, 0.2) is 0 Å². The summed E-state index contributed by atoms with van der Waals surface area (Å²) in [6.45, 7) is 0. The molecule has 8 heteroatoms. The van der Waals surface area contributed by atoms with Crippen molar-refractivity contribution in [2.75, 3.05) is 4.72 Å². The molecule has 0 spiro atoms. The van der Waals surface area contributed by atoms with Gasteiger partial charge in [-0.3, -0.25) is 4.72 Å². The Labute approximate surface area is 119 Å². The van der Waals surface area contributed by atoms with Crippen molar-refractivity contribution in [3.05, 3.63) is 52.4 Å². The molecule has 0 aliphatic carbocycles. The van der Waals surface area contributed by atoms with Crippen LogP contribution in [0.3, 0.4) is 0 Å². The van der Waals surface area contributed by atoms with Crippen molar-refractivity contribution in [2.24, 2.45) is 0 Å². The second-order valence-corrected chi connectivity index (χ2v) is 5.97. The van der Waals surface area contributed by atoms with Gasteiger partial charge in [-0.15, -0.1) is 0 Å². The van der Waals surface area contributed by atoms with Crippen LogP contribution < -0.4 is 4.72 Å². The van der Waals surface area contributed by atoms with Gasteiger partial charge >= 0.3 is 0 Å². The summed E-state index contributed by atoms with van der Waals surface area (Å²) in [5.74, 6) is -0.572. The molecule has 0 unspecified atom stereocenters. The highest BCUT2D eigenvalue weighted by Crippen LogP contribution is 2.24. The van der Waals surface area contributed by atoms with Gasteiger partial charge in [-0.1, -0.05) is 29.3 Å². The van der Waals surface area contributed by atoms with Crippen molar-refractivity contribution >= 4 is 39.0 Å². The predicted molar refractivity (Wildman–Crippen MR) is 71.5 cm³/mol. The highest BCUT2D eigenvalue weighted by molar-refractivity contribution is 7.92. The lowest BCUT2D eigenvalue weighted by Gasteiger charge is -2.08. The third-order valence-electron chi connectivity index (χ3n) is 2.14. The van der Waals surface area contributed by atoms with Crippen LogP contribution in [0.1, 0.15) is 0 Å². The van der Waals surface area contributed by atoms with E-state index in [1.54, 1.807) is 6.07 Å². The Kier molecular flexibility index (Phi) is 3.93. The van der Waals surface area contributed by atoms with E-state index in [2.05, 4.69) is 9.71 Å². The average molecular weight is 321 g/mol. The van der Waals surface area contributed by atoms with Crippen LogP contribution in [-0.2, 0) is 10.0 Å². The normalized spacial score (nSPS) is 11.3. The van der Waals surface area contributed by atoms with E-state index in [1.165, 1.54) is 12.1 Å². The van der Waals surface area contributed by atoms with Crippen LogP contribution in [0.15, 0.2) is 41.3 Å². The molecule has 0 aliphatic rings. The Balaban J connectivity index is 2.38. The number of sulfonamides is 1. The molecule has 19 heavy (non-hydrogen) atoms. The molecule has 0 saturated carbocycles. The van der Waals surface area contributed by atoms with Gasteiger partial charge in [0.05, 0.1) is 5.02 Å². The van der Waals surface area contributed by atoms with Crippen molar-refractivity contribution in [2.45, 2.75) is 4.90 Å². The topological polar surface area (TPSA) is 59.1 Å². The zero-order chi connectivity index (χ0) is 14.0. The Morgan fingerprint density at radius 1 is 1.16 bits per heavy atom. The lowest BCUT2D eigenvalue weighted by Crippen LogP contribution is -2.14. The number of nitrogens with one attached hydrogen (secondary N) is 1. The molecular formula is C11H7Cl2FN2O2S. The first kappa shape index (κ1) is 14.0. The summed E-state index contributed by atoms with van der Waals surface area (Å²) >= 11 is 11.4. The Hall–Kier alpha value is -1.37. The van der Waals surface area contributed by atoms with Gasteiger partial charge in [-0.25, -0.2) is 17.8 Å². The number of hydrogen-bond acceptors (Lipinski definition) is 3. The molecule has 0 bridgehead atoms. The van der Waals surface area contributed by atoms with Gasteiger partial charge in [0.25, 0.3) is 10.0 Å². The Morgan fingerprint density at radius 3 is 2.53 bits per heavy atom. The van der Waals surface area contributed by atoms with Gasteiger partial charge in [0, 0.05) is 0 Å². The first-order valence-electron chi connectivity index (χ1n) is 4.99. The van der Waals surface area contributed by atoms with Gasteiger partial charge in [0.2, 0.25) is 0 Å². The van der Waals surface area contributed by atoms with Crippen LogP contribution in [0.2, 0.25) is 10.2 Å². The maximum Gasteiger partial charge on any atom is 0.264 e. The van der Waals surface area contributed by atoms with Crippen LogP contribution in [0.4, 0.5) is 10.2 Å². The van der Waals surface area contributed by atoms with Crippen LogP contribution in [-0.4, -0.2) is 13.4 Å². The summed E-state index contributed by atoms with van der Waals surface area (Å²) < 4.78 is 39.2. The van der Waals surface area contributed by atoms with Crippen LogP contribution in [0.5, 0.6) is 0 Å². The van der Waals surface area contributed by atoms with Crippen molar-refractivity contribution < 1.29 is 12.8 Å². The Bertz CT molecular complexity index is 722. The van der Waals surface area contributed by atoms with Crippen molar-refractivity contribution in [1.82, 2.24) is 4.98 Å². The number of benzene rings is 1. The SMILES string of the molecule is O=S(=O)(Nc1cccc(Cl)n1)c1ccc(F)cc1Cl. The monoisotopic (exact) mass is 320 g/mol.